The van der Waals surface area contributed by atoms with Gasteiger partial charge in [-0.1, -0.05) is 24.3 Å². The van der Waals surface area contributed by atoms with Crippen LogP contribution < -0.4 is 15.5 Å². The summed E-state index contributed by atoms with van der Waals surface area (Å²) in [6, 6.07) is 13.6. The molecule has 6 nitrogen and oxygen atoms in total. The molecule has 1 saturated heterocycles. The second kappa shape index (κ2) is 9.21. The highest BCUT2D eigenvalue weighted by atomic mass is 19.1. The largest absolute Gasteiger partial charge is 0.453 e. The van der Waals surface area contributed by atoms with Crippen molar-refractivity contribution in [2.75, 3.05) is 25.1 Å². The number of nitrogens with one attached hydrogen (secondary N) is 2. The van der Waals surface area contributed by atoms with Crippen LogP contribution in [-0.4, -0.2) is 38.2 Å². The maximum atomic E-state index is 13.0. The predicted molar refractivity (Wildman–Crippen MR) is 105 cm³/mol. The average Bonchev–Trinajstić information content (AvgIpc) is 2.73. The molecule has 28 heavy (non-hydrogen) atoms. The van der Waals surface area contributed by atoms with Crippen molar-refractivity contribution < 1.29 is 18.7 Å². The van der Waals surface area contributed by atoms with Gasteiger partial charge in [-0.15, -0.1) is 0 Å². The van der Waals surface area contributed by atoms with Gasteiger partial charge in [0.15, 0.2) is 0 Å². The number of carbonyl (C=O) groups excluding carboxylic acids is 2. The summed E-state index contributed by atoms with van der Waals surface area (Å²) in [5, 5.41) is 5.72. The van der Waals surface area contributed by atoms with Crippen molar-refractivity contribution in [2.24, 2.45) is 0 Å². The highest BCUT2D eigenvalue weighted by Gasteiger charge is 2.23. The third kappa shape index (κ3) is 5.00. The minimum Gasteiger partial charge on any atom is -0.453 e. The Balaban J connectivity index is 1.62. The molecule has 148 valence electrons. The number of anilines is 1. The van der Waals surface area contributed by atoms with Crippen molar-refractivity contribution in [3.63, 3.8) is 0 Å². The lowest BCUT2D eigenvalue weighted by molar-refractivity contribution is 0.0951. The zero-order chi connectivity index (χ0) is 19.9. The van der Waals surface area contributed by atoms with Gasteiger partial charge in [-0.3, -0.25) is 4.79 Å². The van der Waals surface area contributed by atoms with Crippen molar-refractivity contribution >= 4 is 17.7 Å². The Hall–Kier alpha value is -3.09. The molecule has 0 spiro atoms. The summed E-state index contributed by atoms with van der Waals surface area (Å²) in [5.74, 6) is -0.472. The number of nitrogens with zero attached hydrogens (tertiary/aromatic N) is 1. The molecule has 1 fully saturated rings. The molecule has 2 aromatic rings. The summed E-state index contributed by atoms with van der Waals surface area (Å²) in [6.07, 6.45) is 1.14. The first kappa shape index (κ1) is 19.7. The Morgan fingerprint density at radius 1 is 1.11 bits per heavy atom. The number of carbonyl (C=O) groups is 2. The van der Waals surface area contributed by atoms with Gasteiger partial charge in [0, 0.05) is 31.4 Å². The predicted octanol–water partition coefficient (Wildman–Crippen LogP) is 3.08. The molecular weight excluding hydrogens is 361 g/mol. The number of alkyl carbamates (subject to hydrolysis) is 1. The minimum atomic E-state index is -0.418. The number of halogens is 1. The van der Waals surface area contributed by atoms with E-state index in [-0.39, 0.29) is 17.8 Å². The first-order chi connectivity index (χ1) is 13.6. The van der Waals surface area contributed by atoms with Crippen LogP contribution in [0.2, 0.25) is 0 Å². The number of ether oxygens (including phenoxy) is 1. The molecule has 1 heterocycles. The molecule has 0 aromatic heterocycles. The van der Waals surface area contributed by atoms with E-state index in [1.54, 1.807) is 18.2 Å². The van der Waals surface area contributed by atoms with Gasteiger partial charge < -0.3 is 20.3 Å². The molecule has 7 heteroatoms. The topological polar surface area (TPSA) is 70.7 Å². The summed E-state index contributed by atoms with van der Waals surface area (Å²) in [7, 11) is 1.35. The Bertz CT molecular complexity index is 818. The Morgan fingerprint density at radius 3 is 2.46 bits per heavy atom. The van der Waals surface area contributed by atoms with Crippen molar-refractivity contribution in [1.82, 2.24) is 10.6 Å². The van der Waals surface area contributed by atoms with Crippen molar-refractivity contribution in [1.29, 1.82) is 0 Å². The first-order valence-corrected chi connectivity index (χ1v) is 9.28. The Kier molecular flexibility index (Phi) is 6.47. The van der Waals surface area contributed by atoms with Gasteiger partial charge in [0.2, 0.25) is 0 Å². The third-order valence-corrected chi connectivity index (χ3v) is 4.86. The van der Waals surface area contributed by atoms with Crippen LogP contribution in [0.3, 0.4) is 0 Å². The minimum absolute atomic E-state index is 0.0724. The number of rotatable bonds is 5. The highest BCUT2D eigenvalue weighted by molar-refractivity contribution is 5.99. The Morgan fingerprint density at radius 2 is 1.79 bits per heavy atom. The van der Waals surface area contributed by atoms with E-state index in [4.69, 9.17) is 0 Å². The number of benzene rings is 2. The van der Waals surface area contributed by atoms with E-state index in [2.05, 4.69) is 20.3 Å². The first-order valence-electron chi connectivity index (χ1n) is 9.28. The zero-order valence-corrected chi connectivity index (χ0v) is 15.8. The maximum Gasteiger partial charge on any atom is 0.407 e. The van der Waals surface area contributed by atoms with Crippen LogP contribution in [0.5, 0.6) is 0 Å². The lowest BCUT2D eigenvalue weighted by atomic mass is 10.0. The van der Waals surface area contributed by atoms with Gasteiger partial charge in [0.25, 0.3) is 5.91 Å². The molecule has 1 aliphatic rings. The van der Waals surface area contributed by atoms with Crippen LogP contribution in [0.4, 0.5) is 14.9 Å². The number of piperidine rings is 1. The molecule has 2 N–H and O–H groups in total. The molecule has 3 rings (SSSR count). The fourth-order valence-corrected chi connectivity index (χ4v) is 3.31. The molecular formula is C21H24FN3O3. The van der Waals surface area contributed by atoms with Crippen LogP contribution in [0.15, 0.2) is 48.5 Å². The summed E-state index contributed by atoms with van der Waals surface area (Å²) >= 11 is 0. The van der Waals surface area contributed by atoms with E-state index in [1.165, 1.54) is 19.2 Å². The van der Waals surface area contributed by atoms with Gasteiger partial charge >= 0.3 is 6.09 Å². The molecule has 0 aliphatic carbocycles. The number of hydrogen-bond donors (Lipinski definition) is 2. The van der Waals surface area contributed by atoms with Crippen molar-refractivity contribution in [3.8, 4) is 0 Å². The second-order valence-corrected chi connectivity index (χ2v) is 6.72. The fraction of sp³-hybridized carbons (Fsp3) is 0.333. The van der Waals surface area contributed by atoms with Gasteiger partial charge in [-0.2, -0.15) is 0 Å². The van der Waals surface area contributed by atoms with E-state index in [1.807, 2.05) is 18.2 Å². The van der Waals surface area contributed by atoms with Gasteiger partial charge in [-0.25, -0.2) is 9.18 Å². The zero-order valence-electron chi connectivity index (χ0n) is 15.8. The lowest BCUT2D eigenvalue weighted by Crippen LogP contribution is -2.45. The molecule has 0 bridgehead atoms. The molecule has 1 aliphatic heterocycles. The number of hydrogen-bond acceptors (Lipinski definition) is 4. The molecule has 0 saturated carbocycles. The summed E-state index contributed by atoms with van der Waals surface area (Å²) < 4.78 is 17.7. The quantitative estimate of drug-likeness (QED) is 0.830. The average molecular weight is 385 g/mol. The highest BCUT2D eigenvalue weighted by Crippen LogP contribution is 2.24. The van der Waals surface area contributed by atoms with Crippen molar-refractivity contribution in [3.05, 3.63) is 65.5 Å². The number of methoxy groups -OCH3 is 1. The van der Waals surface area contributed by atoms with E-state index < -0.39 is 6.09 Å². The monoisotopic (exact) mass is 385 g/mol. The second-order valence-electron chi connectivity index (χ2n) is 6.72. The normalized spacial score (nSPS) is 14.4. The standard InChI is InChI=1S/C21H24FN3O3/c1-28-21(27)24-17-10-12-25(13-11-17)19-5-3-2-4-18(19)20(26)23-14-15-6-8-16(22)9-7-15/h2-9,17H,10-14H2,1H3,(H,23,26)(H,24,27). The number of para-hydroxylation sites is 1. The number of amides is 2. The lowest BCUT2D eigenvalue weighted by Gasteiger charge is -2.34. The third-order valence-electron chi connectivity index (χ3n) is 4.86. The summed E-state index contributed by atoms with van der Waals surface area (Å²) in [6.45, 7) is 1.80. The van der Waals surface area contributed by atoms with Crippen LogP contribution in [0.1, 0.15) is 28.8 Å². The van der Waals surface area contributed by atoms with E-state index in [0.717, 1.165) is 37.2 Å². The maximum absolute atomic E-state index is 13.0. The molecule has 2 aromatic carbocycles. The van der Waals surface area contributed by atoms with Crippen LogP contribution in [0, 0.1) is 5.82 Å². The van der Waals surface area contributed by atoms with E-state index >= 15 is 0 Å². The van der Waals surface area contributed by atoms with Crippen LogP contribution >= 0.6 is 0 Å². The SMILES string of the molecule is COC(=O)NC1CCN(c2ccccc2C(=O)NCc2ccc(F)cc2)CC1. The van der Waals surface area contributed by atoms with Gasteiger partial charge in [-0.05, 0) is 42.7 Å². The van der Waals surface area contributed by atoms with Crippen LogP contribution in [-0.2, 0) is 11.3 Å². The smallest absolute Gasteiger partial charge is 0.407 e. The van der Waals surface area contributed by atoms with E-state index in [9.17, 15) is 14.0 Å². The molecule has 0 unspecified atom stereocenters. The molecule has 2 amide bonds. The van der Waals surface area contributed by atoms with Crippen LogP contribution in [0.25, 0.3) is 0 Å². The molecule has 0 radical (unpaired) electrons. The van der Waals surface area contributed by atoms with E-state index in [0.29, 0.717) is 12.1 Å². The Labute approximate surface area is 163 Å². The summed E-state index contributed by atoms with van der Waals surface area (Å²) in [5.41, 5.74) is 2.31. The molecule has 0 atom stereocenters. The van der Waals surface area contributed by atoms with Gasteiger partial charge in [0.1, 0.15) is 5.82 Å². The fourth-order valence-electron chi connectivity index (χ4n) is 3.31. The van der Waals surface area contributed by atoms with Crippen molar-refractivity contribution in [2.45, 2.75) is 25.4 Å². The van der Waals surface area contributed by atoms with Gasteiger partial charge in [0.05, 0.1) is 12.7 Å². The summed E-state index contributed by atoms with van der Waals surface area (Å²) in [4.78, 5) is 26.2.